The first-order chi connectivity index (χ1) is 9.03. The van der Waals surface area contributed by atoms with E-state index in [9.17, 15) is 8.42 Å². The van der Waals surface area contributed by atoms with Crippen molar-refractivity contribution in [3.63, 3.8) is 0 Å². The Bertz CT molecular complexity index is 388. The third-order valence-electron chi connectivity index (χ3n) is 4.37. The van der Waals surface area contributed by atoms with Gasteiger partial charge in [0.15, 0.2) is 0 Å². The maximum absolute atomic E-state index is 12.5. The summed E-state index contributed by atoms with van der Waals surface area (Å²) in [6.45, 7) is 3.47. The van der Waals surface area contributed by atoms with E-state index in [0.717, 1.165) is 37.4 Å². The highest BCUT2D eigenvalue weighted by atomic mass is 79.9. The van der Waals surface area contributed by atoms with Gasteiger partial charge in [-0.25, -0.2) is 0 Å². The zero-order valence-corrected chi connectivity index (χ0v) is 14.0. The van der Waals surface area contributed by atoms with E-state index in [2.05, 4.69) is 27.6 Å². The molecule has 1 N–H and O–H groups in total. The molecule has 1 aliphatic carbocycles. The maximum atomic E-state index is 12.5. The van der Waals surface area contributed by atoms with Crippen molar-refractivity contribution in [1.82, 2.24) is 9.03 Å². The molecule has 6 heteroatoms. The minimum absolute atomic E-state index is 0.107. The van der Waals surface area contributed by atoms with Gasteiger partial charge in [0.1, 0.15) is 0 Å². The summed E-state index contributed by atoms with van der Waals surface area (Å²) in [5.41, 5.74) is 0. The van der Waals surface area contributed by atoms with Crippen LogP contribution in [0.1, 0.15) is 45.4 Å². The number of rotatable bonds is 4. The largest absolute Gasteiger partial charge is 0.279 e. The lowest BCUT2D eigenvalue weighted by molar-refractivity contribution is 0.265. The van der Waals surface area contributed by atoms with Crippen LogP contribution < -0.4 is 4.72 Å². The van der Waals surface area contributed by atoms with Crippen LogP contribution in [0.3, 0.4) is 0 Å². The Morgan fingerprint density at radius 2 is 1.95 bits per heavy atom. The van der Waals surface area contributed by atoms with Gasteiger partial charge >= 0.3 is 0 Å². The lowest BCUT2D eigenvalue weighted by Crippen LogP contribution is -2.51. The van der Waals surface area contributed by atoms with Gasteiger partial charge in [0.05, 0.1) is 0 Å². The monoisotopic (exact) mass is 352 g/mol. The van der Waals surface area contributed by atoms with Crippen LogP contribution in [0, 0.1) is 11.8 Å². The van der Waals surface area contributed by atoms with E-state index >= 15 is 0 Å². The van der Waals surface area contributed by atoms with Crippen LogP contribution in [0.2, 0.25) is 0 Å². The van der Waals surface area contributed by atoms with E-state index in [1.165, 1.54) is 6.42 Å². The summed E-state index contributed by atoms with van der Waals surface area (Å²) in [6, 6.07) is 0.107. The van der Waals surface area contributed by atoms with Crippen molar-refractivity contribution < 1.29 is 8.42 Å². The van der Waals surface area contributed by atoms with E-state index < -0.39 is 10.2 Å². The van der Waals surface area contributed by atoms with Gasteiger partial charge in [0.25, 0.3) is 10.2 Å². The molecule has 19 heavy (non-hydrogen) atoms. The van der Waals surface area contributed by atoms with Crippen molar-refractivity contribution in [1.29, 1.82) is 0 Å². The average molecular weight is 353 g/mol. The lowest BCUT2D eigenvalue weighted by atomic mass is 9.87. The Labute approximate surface area is 125 Å². The summed E-state index contributed by atoms with van der Waals surface area (Å²) < 4.78 is 29.5. The molecule has 0 amide bonds. The summed E-state index contributed by atoms with van der Waals surface area (Å²) in [5.74, 6) is 0.911. The summed E-state index contributed by atoms with van der Waals surface area (Å²) in [5, 5.41) is 0.886. The zero-order chi connectivity index (χ0) is 13.9. The van der Waals surface area contributed by atoms with Crippen LogP contribution in [0.5, 0.6) is 0 Å². The molecule has 112 valence electrons. The minimum Gasteiger partial charge on any atom is -0.199 e. The Balaban J connectivity index is 1.99. The summed E-state index contributed by atoms with van der Waals surface area (Å²) >= 11 is 3.52. The van der Waals surface area contributed by atoms with Crippen LogP contribution in [-0.2, 0) is 10.2 Å². The Morgan fingerprint density at radius 3 is 2.63 bits per heavy atom. The molecule has 0 aromatic carbocycles. The molecule has 0 aromatic heterocycles. The average Bonchev–Trinajstić information content (AvgIpc) is 2.39. The van der Waals surface area contributed by atoms with Gasteiger partial charge in [0, 0.05) is 24.5 Å². The van der Waals surface area contributed by atoms with Crippen molar-refractivity contribution >= 4 is 26.1 Å². The predicted octanol–water partition coefficient (Wildman–Crippen LogP) is 2.51. The van der Waals surface area contributed by atoms with E-state index in [4.69, 9.17) is 0 Å². The molecule has 1 saturated heterocycles. The van der Waals surface area contributed by atoms with Crippen LogP contribution in [0.25, 0.3) is 0 Å². The normalized spacial score (nSPS) is 34.3. The SMILES string of the molecule is CC1CCCN(S(=O)(=O)NC2CCCCC2CBr)C1. The first kappa shape index (κ1) is 15.7. The van der Waals surface area contributed by atoms with Crippen molar-refractivity contribution in [2.24, 2.45) is 11.8 Å². The molecule has 4 nitrogen and oxygen atoms in total. The molecular formula is C13H25BrN2O2S. The molecule has 3 unspecified atom stereocenters. The highest BCUT2D eigenvalue weighted by molar-refractivity contribution is 9.09. The number of piperidine rings is 1. The summed E-state index contributed by atoms with van der Waals surface area (Å²) in [6.07, 6.45) is 6.56. The smallest absolute Gasteiger partial charge is 0.199 e. The van der Waals surface area contributed by atoms with Crippen LogP contribution in [-0.4, -0.2) is 37.2 Å². The van der Waals surface area contributed by atoms with E-state index in [0.29, 0.717) is 24.9 Å². The quantitative estimate of drug-likeness (QED) is 0.790. The van der Waals surface area contributed by atoms with Gasteiger partial charge in [-0.1, -0.05) is 35.7 Å². The molecule has 0 aromatic rings. The molecule has 0 bridgehead atoms. The fourth-order valence-corrected chi connectivity index (χ4v) is 5.62. The highest BCUT2D eigenvalue weighted by Gasteiger charge is 2.32. The molecule has 0 spiro atoms. The molecule has 1 heterocycles. The van der Waals surface area contributed by atoms with E-state index in [-0.39, 0.29) is 6.04 Å². The molecule has 2 aliphatic rings. The summed E-state index contributed by atoms with van der Waals surface area (Å²) in [7, 11) is -3.30. The lowest BCUT2D eigenvalue weighted by Gasteiger charge is -2.35. The molecule has 2 fully saturated rings. The zero-order valence-electron chi connectivity index (χ0n) is 11.6. The number of halogens is 1. The second-order valence-electron chi connectivity index (χ2n) is 6.03. The Kier molecular flexibility index (Phi) is 5.69. The molecule has 0 radical (unpaired) electrons. The van der Waals surface area contributed by atoms with Crippen LogP contribution in [0.15, 0.2) is 0 Å². The number of hydrogen-bond donors (Lipinski definition) is 1. The number of nitrogens with zero attached hydrogens (tertiary/aromatic N) is 1. The van der Waals surface area contributed by atoms with Gasteiger partial charge in [-0.2, -0.15) is 17.4 Å². The minimum atomic E-state index is -3.30. The molecule has 2 rings (SSSR count). The number of alkyl halides is 1. The van der Waals surface area contributed by atoms with Crippen molar-refractivity contribution in [3.8, 4) is 0 Å². The van der Waals surface area contributed by atoms with E-state index in [1.54, 1.807) is 4.31 Å². The Morgan fingerprint density at radius 1 is 1.21 bits per heavy atom. The van der Waals surface area contributed by atoms with Gasteiger partial charge in [0.2, 0.25) is 0 Å². The topological polar surface area (TPSA) is 49.4 Å². The third kappa shape index (κ3) is 4.16. The van der Waals surface area contributed by atoms with Gasteiger partial charge in [-0.3, -0.25) is 0 Å². The van der Waals surface area contributed by atoms with Crippen LogP contribution in [0.4, 0.5) is 0 Å². The first-order valence-corrected chi connectivity index (χ1v) is 9.92. The first-order valence-electron chi connectivity index (χ1n) is 7.36. The van der Waals surface area contributed by atoms with E-state index in [1.807, 2.05) is 0 Å². The fourth-order valence-electron chi connectivity index (χ4n) is 3.18. The predicted molar refractivity (Wildman–Crippen MR) is 81.6 cm³/mol. The van der Waals surface area contributed by atoms with Crippen molar-refractivity contribution in [2.75, 3.05) is 18.4 Å². The maximum Gasteiger partial charge on any atom is 0.279 e. The second kappa shape index (κ2) is 6.87. The summed E-state index contributed by atoms with van der Waals surface area (Å²) in [4.78, 5) is 0. The van der Waals surface area contributed by atoms with Crippen LogP contribution >= 0.6 is 15.9 Å². The van der Waals surface area contributed by atoms with Crippen molar-refractivity contribution in [3.05, 3.63) is 0 Å². The standard InChI is InChI=1S/C13H25BrN2O2S/c1-11-5-4-8-16(10-11)19(17,18)15-13-7-3-2-6-12(13)9-14/h11-13,15H,2-10H2,1H3. The fraction of sp³-hybridized carbons (Fsp3) is 1.00. The highest BCUT2D eigenvalue weighted by Crippen LogP contribution is 2.27. The van der Waals surface area contributed by atoms with Gasteiger partial charge in [-0.15, -0.1) is 0 Å². The molecule has 1 saturated carbocycles. The molecule has 1 aliphatic heterocycles. The van der Waals surface area contributed by atoms with Crippen molar-refractivity contribution in [2.45, 2.75) is 51.5 Å². The number of nitrogens with one attached hydrogen (secondary N) is 1. The van der Waals surface area contributed by atoms with Gasteiger partial charge < -0.3 is 0 Å². The number of hydrogen-bond acceptors (Lipinski definition) is 2. The molecular weight excluding hydrogens is 328 g/mol. The molecule has 3 atom stereocenters. The second-order valence-corrected chi connectivity index (χ2v) is 8.38. The Hall–Kier alpha value is 0.350. The van der Waals surface area contributed by atoms with Gasteiger partial charge in [-0.05, 0) is 37.5 Å². The third-order valence-corrected chi connectivity index (χ3v) is 6.81.